The Morgan fingerprint density at radius 2 is 2.18 bits per heavy atom. The van der Waals surface area contributed by atoms with Crippen molar-refractivity contribution in [3.63, 3.8) is 0 Å². The van der Waals surface area contributed by atoms with Crippen LogP contribution in [0.5, 0.6) is 0 Å². The van der Waals surface area contributed by atoms with Crippen molar-refractivity contribution >= 4 is 22.4 Å². The van der Waals surface area contributed by atoms with Crippen molar-refractivity contribution in [2.75, 3.05) is 5.32 Å². The highest BCUT2D eigenvalue weighted by Crippen LogP contribution is 2.39. The molecule has 3 aromatic heterocycles. The molecule has 1 unspecified atom stereocenters. The van der Waals surface area contributed by atoms with Gasteiger partial charge in [0.1, 0.15) is 0 Å². The van der Waals surface area contributed by atoms with Gasteiger partial charge in [-0.25, -0.2) is 19.3 Å². The minimum Gasteiger partial charge on any atom is -0.367 e. The number of fused-ring (bicyclic) bond motifs is 3. The number of H-pyrrole nitrogens is 1. The Bertz CT molecular complexity index is 814. The van der Waals surface area contributed by atoms with Crippen LogP contribution in [-0.4, -0.2) is 25.1 Å². The Hall–Kier alpha value is -2.39. The van der Waals surface area contributed by atoms with E-state index in [4.69, 9.17) is 4.74 Å². The first-order chi connectivity index (χ1) is 10.7. The second kappa shape index (κ2) is 5.11. The summed E-state index contributed by atoms with van der Waals surface area (Å²) >= 11 is 1.45. The summed E-state index contributed by atoms with van der Waals surface area (Å²) in [6, 6.07) is 0. The summed E-state index contributed by atoms with van der Waals surface area (Å²) in [6.45, 7) is 2.45. The molecule has 0 aromatic carbocycles. The van der Waals surface area contributed by atoms with Crippen molar-refractivity contribution in [2.45, 2.75) is 19.6 Å². The highest BCUT2D eigenvalue weighted by molar-refractivity contribution is 7.16. The number of rotatable bonds is 2. The average molecular weight is 318 g/mol. The molecule has 0 radical (unpaired) electrons. The normalized spacial score (nSPS) is 16.7. The monoisotopic (exact) mass is 318 g/mol. The third kappa shape index (κ3) is 2.24. The predicted molar refractivity (Wildman–Crippen MR) is 78.2 cm³/mol. The van der Waals surface area contributed by atoms with Crippen molar-refractivity contribution in [1.29, 1.82) is 0 Å². The Balaban J connectivity index is 1.69. The lowest BCUT2D eigenvalue weighted by Gasteiger charge is -2.08. The van der Waals surface area contributed by atoms with Gasteiger partial charge in [-0.15, -0.1) is 0 Å². The van der Waals surface area contributed by atoms with E-state index in [2.05, 4.69) is 30.5 Å². The number of anilines is 2. The second-order valence-electron chi connectivity index (χ2n) is 4.79. The van der Waals surface area contributed by atoms with Gasteiger partial charge in [0.05, 0.1) is 47.6 Å². The lowest BCUT2D eigenvalue weighted by Crippen LogP contribution is -1.99. The number of nitrogens with one attached hydrogen (secondary N) is 2. The SMILES string of the molecule is CC1OCc2sc(Nc3ncc(F)cn3)nc2-c2cn[nH]c21. The smallest absolute Gasteiger partial charge is 0.229 e. The molecule has 1 aliphatic heterocycles. The van der Waals surface area contributed by atoms with Crippen molar-refractivity contribution in [3.05, 3.63) is 35.0 Å². The standard InChI is InChI=1S/C13H11FN6OS/c1-6-10-8(4-17-20-10)11-9(5-21-6)22-13(18-11)19-12-15-2-7(14)3-16-12/h2-4,6H,5H2,1H3,(H,17,20)(H,15,16,18,19). The number of ether oxygens (including phenoxy) is 1. The van der Waals surface area contributed by atoms with Gasteiger partial charge in [0.15, 0.2) is 10.9 Å². The van der Waals surface area contributed by atoms with Crippen molar-refractivity contribution in [3.8, 4) is 11.3 Å². The number of halogens is 1. The number of aromatic amines is 1. The van der Waals surface area contributed by atoms with Crippen LogP contribution in [0.4, 0.5) is 15.5 Å². The summed E-state index contributed by atoms with van der Waals surface area (Å²) in [5, 5.41) is 10.6. The summed E-state index contributed by atoms with van der Waals surface area (Å²) in [4.78, 5) is 13.3. The van der Waals surface area contributed by atoms with Crippen LogP contribution in [0.2, 0.25) is 0 Å². The number of thiazole rings is 1. The minimum atomic E-state index is -0.481. The molecule has 112 valence electrons. The van der Waals surface area contributed by atoms with Gasteiger partial charge in [0, 0.05) is 5.56 Å². The maximum Gasteiger partial charge on any atom is 0.229 e. The van der Waals surface area contributed by atoms with Gasteiger partial charge in [-0.05, 0) is 6.92 Å². The maximum absolute atomic E-state index is 12.8. The Morgan fingerprint density at radius 3 is 3.00 bits per heavy atom. The average Bonchev–Trinajstić information content (AvgIpc) is 3.11. The van der Waals surface area contributed by atoms with Crippen LogP contribution in [0.1, 0.15) is 23.6 Å². The van der Waals surface area contributed by atoms with Gasteiger partial charge in [-0.2, -0.15) is 5.10 Å². The molecule has 0 saturated carbocycles. The molecular formula is C13H11FN6OS. The van der Waals surface area contributed by atoms with Crippen LogP contribution in [0.3, 0.4) is 0 Å². The lowest BCUT2D eigenvalue weighted by atomic mass is 10.1. The quantitative estimate of drug-likeness (QED) is 0.755. The summed E-state index contributed by atoms with van der Waals surface area (Å²) in [6.07, 6.45) is 3.90. The summed E-state index contributed by atoms with van der Waals surface area (Å²) < 4.78 is 18.6. The van der Waals surface area contributed by atoms with E-state index in [1.54, 1.807) is 6.20 Å². The number of nitrogens with zero attached hydrogens (tertiary/aromatic N) is 4. The third-order valence-electron chi connectivity index (χ3n) is 3.33. The zero-order chi connectivity index (χ0) is 15.1. The molecule has 4 rings (SSSR count). The van der Waals surface area contributed by atoms with Gasteiger partial charge in [0.25, 0.3) is 0 Å². The van der Waals surface area contributed by atoms with Crippen LogP contribution in [0.25, 0.3) is 11.3 Å². The summed E-state index contributed by atoms with van der Waals surface area (Å²) in [5.74, 6) is -0.182. The van der Waals surface area contributed by atoms with Gasteiger partial charge in [-0.1, -0.05) is 11.3 Å². The molecule has 1 atom stereocenters. The molecule has 4 heterocycles. The molecule has 0 bridgehead atoms. The Labute approximate surface area is 128 Å². The van der Waals surface area contributed by atoms with E-state index in [9.17, 15) is 4.39 Å². The van der Waals surface area contributed by atoms with Gasteiger partial charge in [-0.3, -0.25) is 5.10 Å². The van der Waals surface area contributed by atoms with E-state index in [-0.39, 0.29) is 6.10 Å². The highest BCUT2D eigenvalue weighted by Gasteiger charge is 2.25. The fourth-order valence-electron chi connectivity index (χ4n) is 2.26. The number of hydrogen-bond donors (Lipinski definition) is 2. The predicted octanol–water partition coefficient (Wildman–Crippen LogP) is 2.80. The largest absolute Gasteiger partial charge is 0.367 e. The molecule has 0 amide bonds. The fraction of sp³-hybridized carbons (Fsp3) is 0.231. The third-order valence-corrected chi connectivity index (χ3v) is 4.28. The summed E-state index contributed by atoms with van der Waals surface area (Å²) in [5.41, 5.74) is 2.68. The molecule has 0 fully saturated rings. The first-order valence-corrected chi connectivity index (χ1v) is 7.42. The fourth-order valence-corrected chi connectivity index (χ4v) is 3.16. The van der Waals surface area contributed by atoms with E-state index in [0.717, 1.165) is 34.2 Å². The van der Waals surface area contributed by atoms with E-state index >= 15 is 0 Å². The molecule has 0 aliphatic carbocycles. The van der Waals surface area contributed by atoms with E-state index in [0.29, 0.717) is 17.7 Å². The maximum atomic E-state index is 12.8. The van der Waals surface area contributed by atoms with Gasteiger partial charge in [0.2, 0.25) is 5.95 Å². The van der Waals surface area contributed by atoms with Crippen LogP contribution in [0.15, 0.2) is 18.6 Å². The zero-order valence-corrected chi connectivity index (χ0v) is 12.3. The zero-order valence-electron chi connectivity index (χ0n) is 11.5. The van der Waals surface area contributed by atoms with Crippen LogP contribution in [-0.2, 0) is 11.3 Å². The molecule has 0 saturated heterocycles. The summed E-state index contributed by atoms with van der Waals surface area (Å²) in [7, 11) is 0. The van der Waals surface area contributed by atoms with Crippen molar-refractivity contribution in [1.82, 2.24) is 25.1 Å². The molecular weight excluding hydrogens is 307 g/mol. The first-order valence-electron chi connectivity index (χ1n) is 6.60. The molecule has 1 aliphatic rings. The topological polar surface area (TPSA) is 88.6 Å². The van der Waals surface area contributed by atoms with Crippen LogP contribution >= 0.6 is 11.3 Å². The van der Waals surface area contributed by atoms with E-state index < -0.39 is 5.82 Å². The minimum absolute atomic E-state index is 0.0595. The van der Waals surface area contributed by atoms with Crippen LogP contribution < -0.4 is 5.32 Å². The molecule has 9 heteroatoms. The van der Waals surface area contributed by atoms with Crippen molar-refractivity contribution in [2.24, 2.45) is 0 Å². The van der Waals surface area contributed by atoms with E-state index in [1.165, 1.54) is 11.3 Å². The molecule has 7 nitrogen and oxygen atoms in total. The molecule has 22 heavy (non-hydrogen) atoms. The molecule has 0 spiro atoms. The Kier molecular flexibility index (Phi) is 3.09. The Morgan fingerprint density at radius 1 is 1.36 bits per heavy atom. The first kappa shape index (κ1) is 13.3. The number of aromatic nitrogens is 5. The highest BCUT2D eigenvalue weighted by atomic mass is 32.1. The van der Waals surface area contributed by atoms with Crippen molar-refractivity contribution < 1.29 is 9.13 Å². The molecule has 2 N–H and O–H groups in total. The molecule has 3 aromatic rings. The van der Waals surface area contributed by atoms with Crippen LogP contribution in [0, 0.1) is 5.82 Å². The second-order valence-corrected chi connectivity index (χ2v) is 5.87. The number of hydrogen-bond acceptors (Lipinski definition) is 7. The van der Waals surface area contributed by atoms with Gasteiger partial charge < -0.3 is 10.1 Å². The van der Waals surface area contributed by atoms with E-state index in [1.807, 2.05) is 6.92 Å². The lowest BCUT2D eigenvalue weighted by molar-refractivity contribution is 0.0537. The van der Waals surface area contributed by atoms with Gasteiger partial charge >= 0.3 is 0 Å².